The summed E-state index contributed by atoms with van der Waals surface area (Å²) < 4.78 is 4.88. The van der Waals surface area contributed by atoms with Crippen molar-refractivity contribution in [3.63, 3.8) is 0 Å². The summed E-state index contributed by atoms with van der Waals surface area (Å²) in [6.45, 7) is 16.6. The molecule has 0 saturated heterocycles. The van der Waals surface area contributed by atoms with Crippen molar-refractivity contribution >= 4 is 12.1 Å². The molecule has 47 heavy (non-hydrogen) atoms. The fourth-order valence-electron chi connectivity index (χ4n) is 7.31. The first-order valence-electron chi connectivity index (χ1n) is 17.1. The molecule has 1 unspecified atom stereocenters. The van der Waals surface area contributed by atoms with Crippen LogP contribution < -0.4 is 3.27 Å². The van der Waals surface area contributed by atoms with Crippen LogP contribution in [0.1, 0.15) is 87.4 Å². The Kier molecular flexibility index (Phi) is 8.43. The quantitative estimate of drug-likeness (QED) is 0.169. The minimum absolute atomic E-state index is 0.0330. The number of rotatable bonds is 5. The number of hydrogen-bond donors (Lipinski definition) is 0. The van der Waals surface area contributed by atoms with Gasteiger partial charge in [0.25, 0.3) is 0 Å². The summed E-state index contributed by atoms with van der Waals surface area (Å²) >= 11 is -2.91. The zero-order chi connectivity index (χ0) is 32.9. The van der Waals surface area contributed by atoms with Crippen molar-refractivity contribution in [1.82, 2.24) is 0 Å². The van der Waals surface area contributed by atoms with Crippen molar-refractivity contribution in [3.8, 4) is 11.1 Å². The summed E-state index contributed by atoms with van der Waals surface area (Å²) in [5.41, 5.74) is 14.4. The summed E-state index contributed by atoms with van der Waals surface area (Å²) in [6, 6.07) is 46.1. The van der Waals surface area contributed by atoms with E-state index in [0.717, 1.165) is 6.42 Å². The molecule has 1 heteroatoms. The average molecular weight is 690 g/mol. The molecule has 0 aliphatic heterocycles. The Hall–Kier alpha value is -3.67. The Morgan fingerprint density at radius 2 is 1.17 bits per heavy atom. The van der Waals surface area contributed by atoms with Gasteiger partial charge in [-0.25, -0.2) is 0 Å². The minimum atomic E-state index is -2.91. The van der Waals surface area contributed by atoms with Crippen molar-refractivity contribution < 1.29 is 21.3 Å². The van der Waals surface area contributed by atoms with Gasteiger partial charge in [0.15, 0.2) is 0 Å². The van der Waals surface area contributed by atoms with Crippen molar-refractivity contribution in [2.45, 2.75) is 65.7 Å². The van der Waals surface area contributed by atoms with Crippen LogP contribution >= 0.6 is 0 Å². The van der Waals surface area contributed by atoms with Crippen molar-refractivity contribution in [1.29, 1.82) is 0 Å². The number of allylic oxidation sites excluding steroid dienone is 4. The molecular formula is C46H46Zr. The van der Waals surface area contributed by atoms with Crippen LogP contribution in [-0.2, 0) is 38.5 Å². The molecule has 0 fully saturated rings. The second kappa shape index (κ2) is 12.4. The molecule has 234 valence electrons. The van der Waals surface area contributed by atoms with Gasteiger partial charge in [-0.05, 0) is 0 Å². The van der Waals surface area contributed by atoms with Gasteiger partial charge in [0.05, 0.1) is 0 Å². The third-order valence-electron chi connectivity index (χ3n) is 10.0. The second-order valence-electron chi connectivity index (χ2n) is 15.5. The summed E-state index contributed by atoms with van der Waals surface area (Å²) in [7, 11) is 0. The molecule has 1 atom stereocenters. The van der Waals surface area contributed by atoms with E-state index in [-0.39, 0.29) is 10.8 Å². The van der Waals surface area contributed by atoms with E-state index >= 15 is 0 Å². The van der Waals surface area contributed by atoms with Crippen LogP contribution in [0.3, 0.4) is 0 Å². The van der Waals surface area contributed by atoms with Gasteiger partial charge in [0.2, 0.25) is 0 Å². The molecule has 0 amide bonds. The molecule has 0 aromatic heterocycles. The number of fused-ring (bicyclic) bond motifs is 3. The average Bonchev–Trinajstić information content (AvgIpc) is 3.63. The van der Waals surface area contributed by atoms with E-state index in [9.17, 15) is 0 Å². The fourth-order valence-corrected chi connectivity index (χ4v) is 15.8. The molecular weight excluding hydrogens is 644 g/mol. The Labute approximate surface area is 290 Å². The predicted octanol–water partition coefficient (Wildman–Crippen LogP) is 11.0. The van der Waals surface area contributed by atoms with E-state index in [4.69, 9.17) is 0 Å². The van der Waals surface area contributed by atoms with Crippen molar-refractivity contribution in [2.75, 3.05) is 0 Å². The molecule has 0 bridgehead atoms. The first-order valence-corrected chi connectivity index (χ1v) is 20.8. The summed E-state index contributed by atoms with van der Waals surface area (Å²) in [5, 5.41) is 0. The Balaban J connectivity index is 1.59. The monoisotopic (exact) mass is 688 g/mol. The Morgan fingerprint density at radius 3 is 1.74 bits per heavy atom. The fraction of sp³-hybridized carbons (Fsp3) is 0.239. The van der Waals surface area contributed by atoms with Crippen LogP contribution in [0, 0.1) is 5.92 Å². The Bertz CT molecular complexity index is 2000. The van der Waals surface area contributed by atoms with Crippen LogP contribution in [-0.4, -0.2) is 3.21 Å². The molecule has 0 radical (unpaired) electrons. The van der Waals surface area contributed by atoms with Crippen LogP contribution in [0.4, 0.5) is 0 Å². The maximum atomic E-state index is 2.66. The first-order chi connectivity index (χ1) is 22.5. The van der Waals surface area contributed by atoms with Crippen molar-refractivity contribution in [3.05, 3.63) is 176 Å². The topological polar surface area (TPSA) is 0 Å². The van der Waals surface area contributed by atoms with Crippen LogP contribution in [0.25, 0.3) is 16.7 Å². The van der Waals surface area contributed by atoms with Gasteiger partial charge >= 0.3 is 292 Å². The van der Waals surface area contributed by atoms with Gasteiger partial charge in [-0.1, -0.05) is 0 Å². The van der Waals surface area contributed by atoms with Crippen molar-refractivity contribution in [2.24, 2.45) is 5.92 Å². The van der Waals surface area contributed by atoms with Gasteiger partial charge in [-0.15, -0.1) is 0 Å². The summed E-state index contributed by atoms with van der Waals surface area (Å²) in [5.74, 6) is 0.382. The molecule has 5 aromatic rings. The second-order valence-corrected chi connectivity index (χ2v) is 21.3. The van der Waals surface area contributed by atoms with E-state index in [1.54, 1.807) is 15.3 Å². The third kappa shape index (κ3) is 6.21. The number of benzene rings is 5. The van der Waals surface area contributed by atoms with Crippen LogP contribution in [0.2, 0.25) is 0 Å². The maximum absolute atomic E-state index is 2.91. The Morgan fingerprint density at radius 1 is 0.617 bits per heavy atom. The molecule has 0 saturated carbocycles. The molecule has 0 N–H and O–H groups in total. The van der Waals surface area contributed by atoms with E-state index in [0.29, 0.717) is 5.92 Å². The predicted molar refractivity (Wildman–Crippen MR) is 199 cm³/mol. The molecule has 0 spiro atoms. The van der Waals surface area contributed by atoms with Gasteiger partial charge in [0, 0.05) is 0 Å². The summed E-state index contributed by atoms with van der Waals surface area (Å²) in [4.78, 5) is 0. The first kappa shape index (κ1) is 31.9. The van der Waals surface area contributed by atoms with Gasteiger partial charge in [-0.3, -0.25) is 0 Å². The molecule has 2 aliphatic rings. The van der Waals surface area contributed by atoms with E-state index in [2.05, 4.69) is 182 Å². The van der Waals surface area contributed by atoms with Gasteiger partial charge in [0.1, 0.15) is 0 Å². The zero-order valence-corrected chi connectivity index (χ0v) is 31.4. The van der Waals surface area contributed by atoms with E-state index in [1.807, 2.05) is 0 Å². The summed E-state index contributed by atoms with van der Waals surface area (Å²) in [6.07, 6.45) is 6.13. The van der Waals surface area contributed by atoms with E-state index in [1.165, 1.54) is 50.1 Å². The molecule has 0 nitrogen and oxygen atoms in total. The van der Waals surface area contributed by atoms with Gasteiger partial charge < -0.3 is 0 Å². The van der Waals surface area contributed by atoms with Gasteiger partial charge in [-0.2, -0.15) is 0 Å². The SMILES string of the molecule is CC1C=C(c2ccccc2)C=[C]1[Zr](=[C](c1ccccc1)c1ccccc1)[c]1cc(C(C)(C)C)cc2c1Cc1ccc(C(C)(C)C)cc1-2. The number of hydrogen-bond acceptors (Lipinski definition) is 0. The molecule has 2 aliphatic carbocycles. The van der Waals surface area contributed by atoms with Crippen LogP contribution in [0.15, 0.2) is 137 Å². The zero-order valence-electron chi connectivity index (χ0n) is 29.0. The van der Waals surface area contributed by atoms with Crippen LogP contribution in [0.5, 0.6) is 0 Å². The van der Waals surface area contributed by atoms with E-state index < -0.39 is 21.3 Å². The molecule has 7 rings (SSSR count). The normalized spacial score (nSPS) is 15.5. The standard InChI is InChI=1S/C21H25.C13H10.C12H11.Zr/c1-20(2,3)16-9-7-14-11-15-8-10-17(21(4,5)6)13-19(15)18(14)12-16;1-3-7-12(8-4-1)11-13-9-5-2-6-10-13;1-10-7-8-12(9-10)11-5-3-2-4-6-11;/h7,9-10,12-13H,11H2,1-6H3;1-10H;2-6,8-10H,1H3;. The third-order valence-corrected chi connectivity index (χ3v) is 18.0. The molecule has 5 aromatic carbocycles. The molecule has 0 heterocycles.